The number of phenolic OH excluding ortho intramolecular Hbond substituents is 1. The first-order valence-electron chi connectivity index (χ1n) is 9.62. The van der Waals surface area contributed by atoms with E-state index in [1.54, 1.807) is 24.3 Å². The molecule has 0 saturated carbocycles. The predicted molar refractivity (Wildman–Crippen MR) is 119 cm³/mol. The Morgan fingerprint density at radius 3 is 2.47 bits per heavy atom. The second-order valence-corrected chi connectivity index (χ2v) is 6.66. The molecular formula is C25H23NO4. The zero-order valence-electron chi connectivity index (χ0n) is 16.9. The number of nitrogens with zero attached hydrogens (tertiary/aromatic N) is 1. The third-order valence-electron chi connectivity index (χ3n) is 4.68. The molecule has 0 spiro atoms. The monoisotopic (exact) mass is 401 g/mol. The number of ether oxygens (including phenoxy) is 1. The van der Waals surface area contributed by atoms with Gasteiger partial charge in [-0.1, -0.05) is 54.6 Å². The molecule has 0 unspecified atom stereocenters. The maximum absolute atomic E-state index is 12.1. The lowest BCUT2D eigenvalue weighted by Gasteiger charge is -2.14. The van der Waals surface area contributed by atoms with Gasteiger partial charge in [-0.05, 0) is 49.2 Å². The largest absolute Gasteiger partial charge is 0.508 e. The fourth-order valence-electron chi connectivity index (χ4n) is 3.30. The molecule has 0 aliphatic heterocycles. The average molecular weight is 401 g/mol. The van der Waals surface area contributed by atoms with E-state index >= 15 is 0 Å². The first-order chi connectivity index (χ1) is 14.5. The van der Waals surface area contributed by atoms with E-state index in [9.17, 15) is 15.2 Å². The highest BCUT2D eigenvalue weighted by Gasteiger charge is 2.24. The summed E-state index contributed by atoms with van der Waals surface area (Å²) in [5.74, 6) is 0.413. The summed E-state index contributed by atoms with van der Waals surface area (Å²) in [4.78, 5) is 11.7. The molecule has 0 aliphatic carbocycles. The topological polar surface area (TPSA) is 72.6 Å². The summed E-state index contributed by atoms with van der Waals surface area (Å²) in [5, 5.41) is 22.0. The lowest BCUT2D eigenvalue weighted by atomic mass is 9.95. The number of hydrogen-bond acceptors (Lipinski definition) is 4. The van der Waals surface area contributed by atoms with E-state index < -0.39 is 0 Å². The predicted octanol–water partition coefficient (Wildman–Crippen LogP) is 6.53. The van der Waals surface area contributed by atoms with Crippen molar-refractivity contribution in [3.05, 3.63) is 106 Å². The number of rotatable bonds is 7. The van der Waals surface area contributed by atoms with Crippen LogP contribution in [0.3, 0.4) is 0 Å². The SMILES string of the molecule is C/C=C\C(=C/C)c1cccc(-c2ccc(O)cc2OCc2ccccc2)c1[N+](=O)[O-]. The first kappa shape index (κ1) is 20.9. The highest BCUT2D eigenvalue weighted by atomic mass is 16.6. The van der Waals surface area contributed by atoms with Crippen LogP contribution < -0.4 is 4.74 Å². The number of nitro groups is 1. The number of nitro benzene ring substituents is 1. The van der Waals surface area contributed by atoms with Crippen molar-refractivity contribution in [3.8, 4) is 22.6 Å². The van der Waals surface area contributed by atoms with Gasteiger partial charge in [0.2, 0.25) is 0 Å². The van der Waals surface area contributed by atoms with Gasteiger partial charge in [0.1, 0.15) is 18.1 Å². The van der Waals surface area contributed by atoms with Crippen molar-refractivity contribution in [1.82, 2.24) is 0 Å². The molecule has 152 valence electrons. The van der Waals surface area contributed by atoms with Gasteiger partial charge in [-0.2, -0.15) is 0 Å². The molecule has 3 rings (SSSR count). The van der Waals surface area contributed by atoms with Crippen LogP contribution >= 0.6 is 0 Å². The molecule has 0 amide bonds. The van der Waals surface area contributed by atoms with Crippen LogP contribution in [0, 0.1) is 10.1 Å². The van der Waals surface area contributed by atoms with Gasteiger partial charge in [0.05, 0.1) is 16.1 Å². The third kappa shape index (κ3) is 4.58. The Morgan fingerprint density at radius 1 is 1.03 bits per heavy atom. The summed E-state index contributed by atoms with van der Waals surface area (Å²) in [6.07, 6.45) is 5.53. The van der Waals surface area contributed by atoms with Gasteiger partial charge >= 0.3 is 0 Å². The molecule has 1 N–H and O–H groups in total. The second kappa shape index (κ2) is 9.56. The number of para-hydroxylation sites is 1. The molecule has 5 nitrogen and oxygen atoms in total. The van der Waals surface area contributed by atoms with Crippen molar-refractivity contribution in [2.24, 2.45) is 0 Å². The van der Waals surface area contributed by atoms with Gasteiger partial charge in [-0.25, -0.2) is 0 Å². The van der Waals surface area contributed by atoms with Crippen molar-refractivity contribution in [2.75, 3.05) is 0 Å². The molecular weight excluding hydrogens is 378 g/mol. The number of phenols is 1. The Morgan fingerprint density at radius 2 is 1.80 bits per heavy atom. The molecule has 0 saturated heterocycles. The fraction of sp³-hybridized carbons (Fsp3) is 0.120. The van der Waals surface area contributed by atoms with Crippen LogP contribution in [0.5, 0.6) is 11.5 Å². The molecule has 0 atom stereocenters. The van der Waals surface area contributed by atoms with Gasteiger partial charge in [0, 0.05) is 11.6 Å². The van der Waals surface area contributed by atoms with Crippen LogP contribution in [0.2, 0.25) is 0 Å². The zero-order chi connectivity index (χ0) is 21.5. The first-order valence-corrected chi connectivity index (χ1v) is 9.62. The lowest BCUT2D eigenvalue weighted by molar-refractivity contribution is -0.384. The molecule has 0 aliphatic rings. The third-order valence-corrected chi connectivity index (χ3v) is 4.68. The number of hydrogen-bond donors (Lipinski definition) is 1. The molecule has 30 heavy (non-hydrogen) atoms. The van der Waals surface area contributed by atoms with Crippen LogP contribution in [0.1, 0.15) is 25.0 Å². The quantitative estimate of drug-likeness (QED) is 0.278. The van der Waals surface area contributed by atoms with Gasteiger partial charge in [-0.15, -0.1) is 0 Å². The molecule has 3 aromatic rings. The van der Waals surface area contributed by atoms with E-state index in [1.165, 1.54) is 12.1 Å². The maximum atomic E-state index is 12.1. The Bertz CT molecular complexity index is 1100. The van der Waals surface area contributed by atoms with Gasteiger partial charge < -0.3 is 9.84 Å². The Labute approximate surface area is 175 Å². The molecule has 0 aromatic heterocycles. The van der Waals surface area contributed by atoms with Crippen molar-refractivity contribution in [1.29, 1.82) is 0 Å². The van der Waals surface area contributed by atoms with Crippen molar-refractivity contribution in [3.63, 3.8) is 0 Å². The van der Waals surface area contributed by atoms with Crippen LogP contribution in [-0.4, -0.2) is 10.0 Å². The highest BCUT2D eigenvalue weighted by Crippen LogP contribution is 2.42. The Hall–Kier alpha value is -3.86. The van der Waals surface area contributed by atoms with Crippen LogP contribution in [0.4, 0.5) is 5.69 Å². The summed E-state index contributed by atoms with van der Waals surface area (Å²) in [6, 6.07) is 19.5. The molecule has 0 bridgehead atoms. The highest BCUT2D eigenvalue weighted by molar-refractivity contribution is 5.88. The molecule has 5 heteroatoms. The number of aromatic hydroxyl groups is 1. The minimum atomic E-state index is -0.370. The standard InChI is InChI=1S/C25H23NO4/c1-3-9-19(4-2)21-12-8-13-23(25(21)26(28)29)22-15-14-20(27)16-24(22)30-17-18-10-6-5-7-11-18/h3-16,27H,17H2,1-2H3/b9-3-,19-4+. The summed E-state index contributed by atoms with van der Waals surface area (Å²) in [5.41, 5.74) is 3.23. The van der Waals surface area contributed by atoms with E-state index in [1.807, 2.05) is 62.4 Å². The Balaban J connectivity index is 2.12. The van der Waals surface area contributed by atoms with Crippen molar-refractivity contribution >= 4 is 11.3 Å². The van der Waals surface area contributed by atoms with E-state index in [-0.39, 0.29) is 23.0 Å². The summed E-state index contributed by atoms with van der Waals surface area (Å²) >= 11 is 0. The molecule has 3 aromatic carbocycles. The zero-order valence-corrected chi connectivity index (χ0v) is 16.9. The normalized spacial score (nSPS) is 11.6. The van der Waals surface area contributed by atoms with E-state index in [0.29, 0.717) is 22.4 Å². The van der Waals surface area contributed by atoms with Gasteiger partial charge in [0.15, 0.2) is 0 Å². The average Bonchev–Trinajstić information content (AvgIpc) is 2.76. The smallest absolute Gasteiger partial charge is 0.285 e. The maximum Gasteiger partial charge on any atom is 0.285 e. The molecule has 0 fully saturated rings. The summed E-state index contributed by atoms with van der Waals surface area (Å²) in [6.45, 7) is 4.00. The minimum absolute atomic E-state index is 0.000971. The fourth-order valence-corrected chi connectivity index (χ4v) is 3.30. The lowest BCUT2D eigenvalue weighted by Crippen LogP contribution is -2.00. The molecule has 0 heterocycles. The summed E-state index contributed by atoms with van der Waals surface area (Å²) < 4.78 is 5.96. The van der Waals surface area contributed by atoms with Crippen LogP contribution in [-0.2, 0) is 6.61 Å². The van der Waals surface area contributed by atoms with Gasteiger partial charge in [-0.3, -0.25) is 10.1 Å². The van der Waals surface area contributed by atoms with Crippen LogP contribution in [0.15, 0.2) is 85.0 Å². The molecule has 0 radical (unpaired) electrons. The second-order valence-electron chi connectivity index (χ2n) is 6.66. The Kier molecular flexibility index (Phi) is 6.65. The van der Waals surface area contributed by atoms with E-state index in [0.717, 1.165) is 11.1 Å². The van der Waals surface area contributed by atoms with Crippen molar-refractivity contribution in [2.45, 2.75) is 20.5 Å². The van der Waals surface area contributed by atoms with E-state index in [4.69, 9.17) is 4.74 Å². The van der Waals surface area contributed by atoms with Gasteiger partial charge in [0.25, 0.3) is 5.69 Å². The van der Waals surface area contributed by atoms with Crippen LogP contribution in [0.25, 0.3) is 16.7 Å². The van der Waals surface area contributed by atoms with Crippen molar-refractivity contribution < 1.29 is 14.8 Å². The summed E-state index contributed by atoms with van der Waals surface area (Å²) in [7, 11) is 0. The number of benzene rings is 3. The minimum Gasteiger partial charge on any atom is -0.508 e. The van der Waals surface area contributed by atoms with E-state index in [2.05, 4.69) is 0 Å². The number of allylic oxidation sites excluding steroid dienone is 4.